The average Bonchev–Trinajstić information content (AvgIpc) is 2.81. The molecule has 8 nitrogen and oxygen atoms in total. The van der Waals surface area contributed by atoms with Crippen molar-refractivity contribution in [2.75, 3.05) is 19.1 Å². The van der Waals surface area contributed by atoms with Gasteiger partial charge in [0.15, 0.2) is 6.10 Å². The fraction of sp³-hybridized carbons (Fsp3) is 0.320. The van der Waals surface area contributed by atoms with Crippen LogP contribution in [0.3, 0.4) is 0 Å². The molecular weight excluding hydrogens is 426 g/mol. The highest BCUT2D eigenvalue weighted by Gasteiger charge is 2.53. The summed E-state index contributed by atoms with van der Waals surface area (Å²) in [5, 5.41) is 0. The van der Waals surface area contributed by atoms with Crippen LogP contribution in [0.15, 0.2) is 67.3 Å². The standard InChI is InChI=1S/C25H27NO7/c1-5-9-20(33-25(29)22(32-16(2)27)17-10-7-6-8-11-17)21-23(31-4)24(28)26(21)18-12-14-19(30-3)15-13-18/h5-8,10-15,20-23H,1,9H2,2-4H3/t20?,21-,22-,23+/m0/s1. The average molecular weight is 453 g/mol. The molecule has 1 aliphatic rings. The number of rotatable bonds is 10. The first-order valence-corrected chi connectivity index (χ1v) is 10.4. The van der Waals surface area contributed by atoms with Crippen LogP contribution in [-0.4, -0.2) is 50.3 Å². The summed E-state index contributed by atoms with van der Waals surface area (Å²) in [4.78, 5) is 39.1. The van der Waals surface area contributed by atoms with Gasteiger partial charge in [-0.3, -0.25) is 9.59 Å². The second kappa shape index (κ2) is 10.8. The molecular formula is C25H27NO7. The van der Waals surface area contributed by atoms with Gasteiger partial charge in [-0.1, -0.05) is 36.4 Å². The summed E-state index contributed by atoms with van der Waals surface area (Å²) >= 11 is 0. The summed E-state index contributed by atoms with van der Waals surface area (Å²) in [7, 11) is 2.98. The third-order valence-corrected chi connectivity index (χ3v) is 5.34. The Morgan fingerprint density at radius 2 is 1.73 bits per heavy atom. The van der Waals surface area contributed by atoms with Gasteiger partial charge >= 0.3 is 11.9 Å². The van der Waals surface area contributed by atoms with Gasteiger partial charge in [0.05, 0.1) is 7.11 Å². The van der Waals surface area contributed by atoms with E-state index in [-0.39, 0.29) is 12.3 Å². The van der Waals surface area contributed by atoms with Gasteiger partial charge in [0, 0.05) is 31.7 Å². The molecule has 0 aliphatic carbocycles. The number of carbonyl (C=O) groups excluding carboxylic acids is 3. The minimum absolute atomic E-state index is 0.252. The second-order valence-electron chi connectivity index (χ2n) is 7.45. The van der Waals surface area contributed by atoms with E-state index >= 15 is 0 Å². The fourth-order valence-electron chi connectivity index (χ4n) is 3.81. The lowest BCUT2D eigenvalue weighted by Gasteiger charge is -2.48. The van der Waals surface area contributed by atoms with Crippen LogP contribution in [0.5, 0.6) is 5.75 Å². The summed E-state index contributed by atoms with van der Waals surface area (Å²) < 4.78 is 21.6. The number of ether oxygens (including phenoxy) is 4. The Morgan fingerprint density at radius 3 is 2.27 bits per heavy atom. The fourth-order valence-corrected chi connectivity index (χ4v) is 3.81. The van der Waals surface area contributed by atoms with E-state index in [0.717, 1.165) is 0 Å². The van der Waals surface area contributed by atoms with Crippen LogP contribution >= 0.6 is 0 Å². The minimum atomic E-state index is -1.23. The number of anilines is 1. The molecule has 2 aromatic carbocycles. The highest BCUT2D eigenvalue weighted by Crippen LogP contribution is 2.35. The Kier molecular flexibility index (Phi) is 7.84. The van der Waals surface area contributed by atoms with Crippen molar-refractivity contribution in [3.63, 3.8) is 0 Å². The molecule has 1 heterocycles. The summed E-state index contributed by atoms with van der Waals surface area (Å²) in [6, 6.07) is 15.0. The topological polar surface area (TPSA) is 91.4 Å². The van der Waals surface area contributed by atoms with Crippen molar-refractivity contribution < 1.29 is 33.3 Å². The lowest BCUT2D eigenvalue weighted by molar-refractivity contribution is -0.175. The van der Waals surface area contributed by atoms with Crippen molar-refractivity contribution in [1.29, 1.82) is 0 Å². The van der Waals surface area contributed by atoms with Gasteiger partial charge < -0.3 is 23.8 Å². The van der Waals surface area contributed by atoms with Gasteiger partial charge in [-0.05, 0) is 24.3 Å². The molecule has 0 N–H and O–H groups in total. The van der Waals surface area contributed by atoms with Crippen molar-refractivity contribution in [3.05, 3.63) is 72.8 Å². The summed E-state index contributed by atoms with van der Waals surface area (Å²) in [6.07, 6.45) is -0.946. The monoisotopic (exact) mass is 453 g/mol. The van der Waals surface area contributed by atoms with Crippen molar-refractivity contribution in [3.8, 4) is 5.75 Å². The van der Waals surface area contributed by atoms with Crippen LogP contribution in [0.1, 0.15) is 25.0 Å². The van der Waals surface area contributed by atoms with Crippen LogP contribution in [0.4, 0.5) is 5.69 Å². The molecule has 1 fully saturated rings. The Bertz CT molecular complexity index is 990. The SMILES string of the molecule is C=CCC(OC(=O)[C@@H](OC(C)=O)c1ccccc1)[C@H]1[C@@H](OC)C(=O)N1c1ccc(OC)cc1. The van der Waals surface area contributed by atoms with E-state index in [1.54, 1.807) is 67.8 Å². The van der Waals surface area contributed by atoms with E-state index in [9.17, 15) is 14.4 Å². The molecule has 0 aromatic heterocycles. The van der Waals surface area contributed by atoms with Crippen LogP contribution in [0, 0.1) is 0 Å². The lowest BCUT2D eigenvalue weighted by atomic mass is 9.89. The molecule has 1 unspecified atom stereocenters. The first kappa shape index (κ1) is 24.0. The van der Waals surface area contributed by atoms with Gasteiger partial charge in [0.2, 0.25) is 6.10 Å². The zero-order valence-electron chi connectivity index (χ0n) is 18.8. The highest BCUT2D eigenvalue weighted by molar-refractivity contribution is 6.05. The smallest absolute Gasteiger partial charge is 0.352 e. The molecule has 1 amide bonds. The van der Waals surface area contributed by atoms with E-state index in [1.165, 1.54) is 18.9 Å². The summed E-state index contributed by atoms with van der Waals surface area (Å²) in [5.41, 5.74) is 1.10. The molecule has 4 atom stereocenters. The predicted molar refractivity (Wildman–Crippen MR) is 121 cm³/mol. The molecule has 2 aromatic rings. The lowest BCUT2D eigenvalue weighted by Crippen LogP contribution is -2.70. The van der Waals surface area contributed by atoms with E-state index in [2.05, 4.69) is 6.58 Å². The Morgan fingerprint density at radius 1 is 1.06 bits per heavy atom. The number of esters is 2. The van der Waals surface area contributed by atoms with E-state index in [4.69, 9.17) is 18.9 Å². The third-order valence-electron chi connectivity index (χ3n) is 5.34. The summed E-state index contributed by atoms with van der Waals surface area (Å²) in [5.74, 6) is -0.966. The number of carbonyl (C=O) groups is 3. The Hall–Kier alpha value is -3.65. The van der Waals surface area contributed by atoms with E-state index < -0.39 is 36.3 Å². The molecule has 1 saturated heterocycles. The van der Waals surface area contributed by atoms with Gasteiger partial charge in [-0.15, -0.1) is 6.58 Å². The van der Waals surface area contributed by atoms with Gasteiger partial charge in [-0.2, -0.15) is 0 Å². The van der Waals surface area contributed by atoms with Crippen molar-refractivity contribution in [2.45, 2.75) is 37.7 Å². The molecule has 8 heteroatoms. The Labute approximate surface area is 192 Å². The minimum Gasteiger partial charge on any atom is -0.497 e. The predicted octanol–water partition coefficient (Wildman–Crippen LogP) is 3.22. The number of β-lactam (4-membered cyclic amide) rings is 1. The maximum atomic E-state index is 13.1. The molecule has 174 valence electrons. The molecule has 0 bridgehead atoms. The van der Waals surface area contributed by atoms with Crippen LogP contribution in [-0.2, 0) is 28.6 Å². The molecule has 0 spiro atoms. The quantitative estimate of drug-likeness (QED) is 0.310. The summed E-state index contributed by atoms with van der Waals surface area (Å²) in [6.45, 7) is 4.98. The van der Waals surface area contributed by atoms with Crippen LogP contribution in [0.25, 0.3) is 0 Å². The molecule has 33 heavy (non-hydrogen) atoms. The van der Waals surface area contributed by atoms with Crippen molar-refractivity contribution >= 4 is 23.5 Å². The largest absolute Gasteiger partial charge is 0.497 e. The number of hydrogen-bond donors (Lipinski definition) is 0. The first-order chi connectivity index (χ1) is 15.9. The van der Waals surface area contributed by atoms with Gasteiger partial charge in [0.25, 0.3) is 5.91 Å². The Balaban J connectivity index is 1.88. The van der Waals surface area contributed by atoms with Crippen LogP contribution in [0.2, 0.25) is 0 Å². The number of hydrogen-bond acceptors (Lipinski definition) is 7. The maximum absolute atomic E-state index is 13.1. The zero-order valence-corrected chi connectivity index (χ0v) is 18.8. The van der Waals surface area contributed by atoms with Gasteiger partial charge in [0.1, 0.15) is 17.9 Å². The normalized spacial score (nSPS) is 19.1. The number of amides is 1. The number of benzene rings is 2. The van der Waals surface area contributed by atoms with Crippen molar-refractivity contribution in [2.24, 2.45) is 0 Å². The van der Waals surface area contributed by atoms with Gasteiger partial charge in [-0.25, -0.2) is 4.79 Å². The zero-order chi connectivity index (χ0) is 24.0. The maximum Gasteiger partial charge on any atom is 0.352 e. The van der Waals surface area contributed by atoms with E-state index in [1.807, 2.05) is 0 Å². The number of methoxy groups -OCH3 is 2. The van der Waals surface area contributed by atoms with Crippen LogP contribution < -0.4 is 9.64 Å². The van der Waals surface area contributed by atoms with Crippen molar-refractivity contribution in [1.82, 2.24) is 0 Å². The molecule has 0 radical (unpaired) electrons. The number of nitrogens with zero attached hydrogens (tertiary/aromatic N) is 1. The molecule has 3 rings (SSSR count). The molecule has 1 aliphatic heterocycles. The highest BCUT2D eigenvalue weighted by atomic mass is 16.6. The van der Waals surface area contributed by atoms with E-state index in [0.29, 0.717) is 17.0 Å². The third kappa shape index (κ3) is 5.23. The second-order valence-corrected chi connectivity index (χ2v) is 7.45. The first-order valence-electron chi connectivity index (χ1n) is 10.4. The molecule has 0 saturated carbocycles.